The molecule has 0 fully saturated rings. The van der Waals surface area contributed by atoms with Crippen LogP contribution in [0.3, 0.4) is 0 Å². The van der Waals surface area contributed by atoms with E-state index in [1.807, 2.05) is 30.3 Å². The summed E-state index contributed by atoms with van der Waals surface area (Å²) in [5.41, 5.74) is 6.88. The fourth-order valence-corrected chi connectivity index (χ4v) is 5.11. The van der Waals surface area contributed by atoms with Crippen LogP contribution >= 0.6 is 34.4 Å². The molecule has 1 amide bonds. The summed E-state index contributed by atoms with van der Waals surface area (Å²) in [6.45, 7) is 3.76. The van der Waals surface area contributed by atoms with Gasteiger partial charge in [0.05, 0.1) is 17.4 Å². The highest BCUT2D eigenvalue weighted by molar-refractivity contribution is 8.02. The molecule has 0 bridgehead atoms. The number of ether oxygens (including phenoxy) is 1. The molecule has 10 heteroatoms. The zero-order valence-electron chi connectivity index (χ0n) is 15.2. The Bertz CT molecular complexity index is 972. The Kier molecular flexibility index (Phi) is 6.65. The number of aromatic nitrogens is 2. The summed E-state index contributed by atoms with van der Waals surface area (Å²) >= 11 is 3.82. The van der Waals surface area contributed by atoms with E-state index in [1.54, 1.807) is 19.9 Å². The fraction of sp³-hybridized carbons (Fsp3) is 0.222. The molecule has 28 heavy (non-hydrogen) atoms. The SMILES string of the molecule is CCOC(=O)c1cc(-c2ccccc2)sc1NC(=O)[C@H](C)Sc1nnc(N)s1. The Labute approximate surface area is 174 Å². The first-order valence-corrected chi connectivity index (χ1v) is 10.9. The molecule has 1 atom stereocenters. The van der Waals surface area contributed by atoms with Crippen LogP contribution < -0.4 is 11.1 Å². The minimum absolute atomic E-state index is 0.245. The van der Waals surface area contributed by atoms with Crippen LogP contribution in [-0.4, -0.2) is 33.9 Å². The Balaban J connectivity index is 1.81. The van der Waals surface area contributed by atoms with Crippen molar-refractivity contribution in [3.8, 4) is 10.4 Å². The molecule has 0 radical (unpaired) electrons. The first-order chi connectivity index (χ1) is 13.5. The van der Waals surface area contributed by atoms with Crippen molar-refractivity contribution in [3.05, 3.63) is 42.0 Å². The summed E-state index contributed by atoms with van der Waals surface area (Å²) in [4.78, 5) is 25.9. The lowest BCUT2D eigenvalue weighted by Crippen LogP contribution is -2.23. The molecule has 0 spiro atoms. The summed E-state index contributed by atoms with van der Waals surface area (Å²) in [5, 5.41) is 10.9. The molecular formula is C18H18N4O3S3. The lowest BCUT2D eigenvalue weighted by atomic mass is 10.1. The van der Waals surface area contributed by atoms with E-state index in [9.17, 15) is 9.59 Å². The number of thiophene rings is 1. The van der Waals surface area contributed by atoms with Crippen LogP contribution in [0.5, 0.6) is 0 Å². The van der Waals surface area contributed by atoms with Gasteiger partial charge in [-0.2, -0.15) is 0 Å². The molecule has 2 aromatic heterocycles. The molecular weight excluding hydrogens is 416 g/mol. The smallest absolute Gasteiger partial charge is 0.341 e. The third-order valence-electron chi connectivity index (χ3n) is 3.59. The van der Waals surface area contributed by atoms with E-state index < -0.39 is 11.2 Å². The molecule has 146 valence electrons. The van der Waals surface area contributed by atoms with Crippen LogP contribution in [0.25, 0.3) is 10.4 Å². The van der Waals surface area contributed by atoms with Crippen molar-refractivity contribution in [2.45, 2.75) is 23.4 Å². The highest BCUT2D eigenvalue weighted by Crippen LogP contribution is 2.36. The maximum Gasteiger partial charge on any atom is 0.341 e. The Morgan fingerprint density at radius 1 is 1.25 bits per heavy atom. The average Bonchev–Trinajstić information content (AvgIpc) is 3.29. The number of carbonyl (C=O) groups is 2. The molecule has 7 nitrogen and oxygen atoms in total. The summed E-state index contributed by atoms with van der Waals surface area (Å²) in [5.74, 6) is -0.709. The molecule has 0 saturated heterocycles. The van der Waals surface area contributed by atoms with E-state index in [-0.39, 0.29) is 12.5 Å². The van der Waals surface area contributed by atoms with Crippen LogP contribution in [0.2, 0.25) is 0 Å². The van der Waals surface area contributed by atoms with Crippen LogP contribution in [-0.2, 0) is 9.53 Å². The van der Waals surface area contributed by atoms with Gasteiger partial charge in [0.2, 0.25) is 11.0 Å². The van der Waals surface area contributed by atoms with Gasteiger partial charge in [0.1, 0.15) is 5.00 Å². The molecule has 2 heterocycles. The molecule has 3 rings (SSSR count). The number of nitrogens with two attached hydrogens (primary N) is 1. The number of carbonyl (C=O) groups excluding carboxylic acids is 2. The van der Waals surface area contributed by atoms with Gasteiger partial charge < -0.3 is 15.8 Å². The second-order valence-corrected chi connectivity index (χ2v) is 9.24. The van der Waals surface area contributed by atoms with Gasteiger partial charge in [-0.3, -0.25) is 4.79 Å². The molecule has 0 saturated carbocycles. The van der Waals surface area contributed by atoms with E-state index in [4.69, 9.17) is 10.5 Å². The van der Waals surface area contributed by atoms with Gasteiger partial charge in [-0.25, -0.2) is 4.79 Å². The maximum atomic E-state index is 12.6. The third-order valence-corrected chi connectivity index (χ3v) is 6.63. The van der Waals surface area contributed by atoms with Crippen molar-refractivity contribution in [1.82, 2.24) is 10.2 Å². The fourth-order valence-electron chi connectivity index (χ4n) is 2.28. The lowest BCUT2D eigenvalue weighted by molar-refractivity contribution is -0.115. The number of rotatable bonds is 7. The molecule has 0 unspecified atom stereocenters. The number of benzene rings is 1. The van der Waals surface area contributed by atoms with Gasteiger partial charge in [0, 0.05) is 4.88 Å². The molecule has 3 N–H and O–H groups in total. The van der Waals surface area contributed by atoms with Crippen LogP contribution in [0.4, 0.5) is 10.1 Å². The number of nitrogen functional groups attached to an aromatic ring is 1. The van der Waals surface area contributed by atoms with Gasteiger partial charge in [-0.15, -0.1) is 21.5 Å². The summed E-state index contributed by atoms with van der Waals surface area (Å²) < 4.78 is 5.75. The van der Waals surface area contributed by atoms with Crippen molar-refractivity contribution in [1.29, 1.82) is 0 Å². The quantitative estimate of drug-likeness (QED) is 0.425. The normalized spacial score (nSPS) is 11.8. The van der Waals surface area contributed by atoms with Crippen LogP contribution in [0.1, 0.15) is 24.2 Å². The zero-order chi connectivity index (χ0) is 20.1. The summed E-state index contributed by atoms with van der Waals surface area (Å²) in [6.07, 6.45) is 0. The largest absolute Gasteiger partial charge is 0.462 e. The predicted molar refractivity (Wildman–Crippen MR) is 114 cm³/mol. The molecule has 0 aliphatic carbocycles. The van der Waals surface area contributed by atoms with E-state index in [1.165, 1.54) is 34.4 Å². The van der Waals surface area contributed by atoms with E-state index >= 15 is 0 Å². The van der Waals surface area contributed by atoms with E-state index in [0.717, 1.165) is 10.4 Å². The lowest BCUT2D eigenvalue weighted by Gasteiger charge is -2.10. The van der Waals surface area contributed by atoms with Crippen LogP contribution in [0, 0.1) is 0 Å². The van der Waals surface area contributed by atoms with Crippen molar-refractivity contribution < 1.29 is 14.3 Å². The first kappa shape index (κ1) is 20.3. The minimum Gasteiger partial charge on any atom is -0.462 e. The summed E-state index contributed by atoms with van der Waals surface area (Å²) in [6, 6.07) is 11.4. The zero-order valence-corrected chi connectivity index (χ0v) is 17.6. The second-order valence-electron chi connectivity index (χ2n) is 5.60. The van der Waals surface area contributed by atoms with Gasteiger partial charge in [-0.1, -0.05) is 53.4 Å². The van der Waals surface area contributed by atoms with Crippen molar-refractivity contribution in [2.75, 3.05) is 17.7 Å². The van der Waals surface area contributed by atoms with Gasteiger partial charge in [-0.05, 0) is 25.5 Å². The number of hydrogen-bond acceptors (Lipinski definition) is 9. The van der Waals surface area contributed by atoms with E-state index in [0.29, 0.717) is 20.0 Å². The first-order valence-electron chi connectivity index (χ1n) is 8.40. The van der Waals surface area contributed by atoms with E-state index in [2.05, 4.69) is 15.5 Å². The average molecular weight is 435 g/mol. The number of amides is 1. The van der Waals surface area contributed by atoms with Crippen LogP contribution in [0.15, 0.2) is 40.7 Å². The number of esters is 1. The minimum atomic E-state index is -0.464. The Morgan fingerprint density at radius 3 is 2.64 bits per heavy atom. The predicted octanol–water partition coefficient (Wildman–Crippen LogP) is 4.14. The van der Waals surface area contributed by atoms with Gasteiger partial charge in [0.25, 0.3) is 0 Å². The molecule has 3 aromatic rings. The highest BCUT2D eigenvalue weighted by atomic mass is 32.2. The monoisotopic (exact) mass is 434 g/mol. The highest BCUT2D eigenvalue weighted by Gasteiger charge is 2.23. The molecule has 1 aromatic carbocycles. The third kappa shape index (κ3) is 4.89. The number of nitrogens with one attached hydrogen (secondary N) is 1. The molecule has 0 aliphatic rings. The number of nitrogens with zero attached hydrogens (tertiary/aromatic N) is 2. The number of thioether (sulfide) groups is 1. The topological polar surface area (TPSA) is 107 Å². The van der Waals surface area contributed by atoms with Crippen molar-refractivity contribution in [3.63, 3.8) is 0 Å². The van der Waals surface area contributed by atoms with Crippen molar-refractivity contribution >= 4 is 56.4 Å². The standard InChI is InChI=1S/C18H18N4O3S3/c1-3-25-16(24)12-9-13(11-7-5-4-6-8-11)27-15(12)20-14(23)10(2)26-18-22-21-17(19)28-18/h4-10H,3H2,1-2H3,(H2,19,21)(H,20,23)/t10-/m0/s1. The Morgan fingerprint density at radius 2 is 2.00 bits per heavy atom. The number of hydrogen-bond donors (Lipinski definition) is 2. The Hall–Kier alpha value is -2.43. The van der Waals surface area contributed by atoms with Crippen molar-refractivity contribution in [2.24, 2.45) is 0 Å². The van der Waals surface area contributed by atoms with Gasteiger partial charge in [0.15, 0.2) is 4.34 Å². The maximum absolute atomic E-state index is 12.6. The number of anilines is 2. The van der Waals surface area contributed by atoms with Gasteiger partial charge >= 0.3 is 5.97 Å². The second kappa shape index (κ2) is 9.18. The molecule has 0 aliphatic heterocycles. The summed E-state index contributed by atoms with van der Waals surface area (Å²) in [7, 11) is 0.